The summed E-state index contributed by atoms with van der Waals surface area (Å²) in [6.07, 6.45) is 0.893. The molecule has 0 saturated heterocycles. The molecule has 1 aromatic carbocycles. The molecule has 1 N–H and O–H groups in total. The van der Waals surface area contributed by atoms with Crippen molar-refractivity contribution in [3.8, 4) is 0 Å². The second-order valence-corrected chi connectivity index (χ2v) is 3.90. The van der Waals surface area contributed by atoms with Crippen LogP contribution in [0, 0.1) is 5.82 Å². The lowest BCUT2D eigenvalue weighted by molar-refractivity contribution is 0.0911. The number of halogens is 1. The van der Waals surface area contributed by atoms with E-state index < -0.39 is 5.82 Å². The first kappa shape index (κ1) is 13.8. The van der Waals surface area contributed by atoms with E-state index in [-0.39, 0.29) is 24.5 Å². The van der Waals surface area contributed by atoms with Crippen molar-refractivity contribution in [3.63, 3.8) is 0 Å². The Labute approximate surface area is 101 Å². The quantitative estimate of drug-likeness (QED) is 0.736. The monoisotopic (exact) mass is 239 g/mol. The van der Waals surface area contributed by atoms with E-state index in [0.29, 0.717) is 6.54 Å². The zero-order chi connectivity index (χ0) is 12.7. The lowest BCUT2D eigenvalue weighted by Gasteiger charge is -2.19. The Hall–Kier alpha value is -1.26. The molecule has 1 aromatic rings. The number of carbonyl (C=O) groups excluding carboxylic acids is 1. The Balaban J connectivity index is 2.67. The van der Waals surface area contributed by atoms with E-state index in [0.717, 1.165) is 13.0 Å². The van der Waals surface area contributed by atoms with Gasteiger partial charge in [0.1, 0.15) is 5.82 Å². The maximum atomic E-state index is 13.4. The van der Waals surface area contributed by atoms with Crippen LogP contribution in [0.15, 0.2) is 24.3 Å². The Kier molecular flexibility index (Phi) is 5.80. The predicted molar refractivity (Wildman–Crippen MR) is 64.5 cm³/mol. The zero-order valence-corrected chi connectivity index (χ0v) is 10.0. The molecule has 4 heteroatoms. The molecule has 94 valence electrons. The van der Waals surface area contributed by atoms with Gasteiger partial charge in [-0.05, 0) is 25.1 Å². The van der Waals surface area contributed by atoms with Gasteiger partial charge in [0.15, 0.2) is 5.78 Å². The third-order valence-corrected chi connectivity index (χ3v) is 2.50. The van der Waals surface area contributed by atoms with E-state index in [4.69, 9.17) is 5.11 Å². The number of ketones is 1. The highest BCUT2D eigenvalue weighted by atomic mass is 19.1. The molecule has 1 rings (SSSR count). The van der Waals surface area contributed by atoms with Gasteiger partial charge < -0.3 is 5.11 Å². The van der Waals surface area contributed by atoms with Crippen molar-refractivity contribution in [1.82, 2.24) is 4.90 Å². The summed E-state index contributed by atoms with van der Waals surface area (Å²) in [5, 5.41) is 8.87. The molecule has 17 heavy (non-hydrogen) atoms. The molecule has 0 radical (unpaired) electrons. The average molecular weight is 239 g/mol. The van der Waals surface area contributed by atoms with E-state index in [1.807, 2.05) is 11.8 Å². The van der Waals surface area contributed by atoms with E-state index in [2.05, 4.69) is 0 Å². The molecule has 0 amide bonds. The number of nitrogens with zero attached hydrogens (tertiary/aromatic N) is 1. The number of benzene rings is 1. The lowest BCUT2D eigenvalue weighted by atomic mass is 10.1. The molecule has 0 heterocycles. The molecule has 0 aliphatic rings. The topological polar surface area (TPSA) is 40.5 Å². The normalized spacial score (nSPS) is 10.8. The van der Waals surface area contributed by atoms with Crippen LogP contribution < -0.4 is 0 Å². The zero-order valence-electron chi connectivity index (χ0n) is 10.0. The van der Waals surface area contributed by atoms with Crippen molar-refractivity contribution in [2.45, 2.75) is 13.3 Å². The van der Waals surface area contributed by atoms with Gasteiger partial charge in [0, 0.05) is 6.54 Å². The summed E-state index contributed by atoms with van der Waals surface area (Å²) in [4.78, 5) is 13.7. The highest BCUT2D eigenvalue weighted by molar-refractivity contribution is 5.97. The van der Waals surface area contributed by atoms with E-state index in [9.17, 15) is 9.18 Å². The smallest absolute Gasteiger partial charge is 0.179 e. The minimum absolute atomic E-state index is 0.00452. The molecule has 0 unspecified atom stereocenters. The van der Waals surface area contributed by atoms with Crippen molar-refractivity contribution < 1.29 is 14.3 Å². The summed E-state index contributed by atoms with van der Waals surface area (Å²) < 4.78 is 13.4. The highest BCUT2D eigenvalue weighted by Crippen LogP contribution is 2.08. The van der Waals surface area contributed by atoms with E-state index in [1.165, 1.54) is 12.1 Å². The SMILES string of the molecule is CCCN(CCO)CC(=O)c1ccccc1F. The second-order valence-electron chi connectivity index (χ2n) is 3.90. The Morgan fingerprint density at radius 2 is 2.06 bits per heavy atom. The van der Waals surface area contributed by atoms with Crippen molar-refractivity contribution in [1.29, 1.82) is 0 Å². The molecular formula is C13H18FNO2. The molecule has 0 saturated carbocycles. The van der Waals surface area contributed by atoms with Gasteiger partial charge in [0.2, 0.25) is 0 Å². The lowest BCUT2D eigenvalue weighted by Crippen LogP contribution is -2.33. The maximum absolute atomic E-state index is 13.4. The van der Waals surface area contributed by atoms with Crippen LogP contribution in [0.1, 0.15) is 23.7 Å². The molecule has 0 aliphatic carbocycles. The van der Waals surface area contributed by atoms with Crippen LogP contribution in [-0.2, 0) is 0 Å². The fourth-order valence-electron chi connectivity index (χ4n) is 1.70. The van der Waals surface area contributed by atoms with Gasteiger partial charge in [0.05, 0.1) is 18.7 Å². The van der Waals surface area contributed by atoms with Crippen molar-refractivity contribution in [2.75, 3.05) is 26.2 Å². The van der Waals surface area contributed by atoms with Crippen molar-refractivity contribution in [3.05, 3.63) is 35.6 Å². The Morgan fingerprint density at radius 3 is 2.65 bits per heavy atom. The van der Waals surface area contributed by atoms with Crippen molar-refractivity contribution >= 4 is 5.78 Å². The molecular weight excluding hydrogens is 221 g/mol. The van der Waals surface area contributed by atoms with Gasteiger partial charge in [-0.1, -0.05) is 19.1 Å². The number of carbonyl (C=O) groups is 1. The average Bonchev–Trinajstić information content (AvgIpc) is 2.30. The number of hydrogen-bond acceptors (Lipinski definition) is 3. The number of hydrogen-bond donors (Lipinski definition) is 1. The number of aliphatic hydroxyl groups excluding tert-OH is 1. The van der Waals surface area contributed by atoms with Crippen LogP contribution in [-0.4, -0.2) is 42.0 Å². The van der Waals surface area contributed by atoms with Gasteiger partial charge in [0.25, 0.3) is 0 Å². The van der Waals surface area contributed by atoms with Crippen LogP contribution in [0.2, 0.25) is 0 Å². The number of rotatable bonds is 7. The van der Waals surface area contributed by atoms with Crippen molar-refractivity contribution in [2.24, 2.45) is 0 Å². The van der Waals surface area contributed by atoms with Crippen LogP contribution in [0.4, 0.5) is 4.39 Å². The Bertz CT molecular complexity index is 362. The summed E-state index contributed by atoms with van der Waals surface area (Å²) in [5.41, 5.74) is 0.117. The molecule has 3 nitrogen and oxygen atoms in total. The fourth-order valence-corrected chi connectivity index (χ4v) is 1.70. The first-order chi connectivity index (χ1) is 8.19. The van der Waals surface area contributed by atoms with Crippen LogP contribution in [0.5, 0.6) is 0 Å². The second kappa shape index (κ2) is 7.14. The molecule has 0 aromatic heterocycles. The fraction of sp³-hybridized carbons (Fsp3) is 0.462. The van der Waals surface area contributed by atoms with E-state index in [1.54, 1.807) is 12.1 Å². The third-order valence-electron chi connectivity index (χ3n) is 2.50. The van der Waals surface area contributed by atoms with Gasteiger partial charge in [-0.3, -0.25) is 9.69 Å². The summed E-state index contributed by atoms with van der Waals surface area (Å²) in [5.74, 6) is -0.733. The largest absolute Gasteiger partial charge is 0.395 e. The summed E-state index contributed by atoms with van der Waals surface area (Å²) >= 11 is 0. The molecule has 0 aliphatic heterocycles. The first-order valence-corrected chi connectivity index (χ1v) is 5.80. The minimum atomic E-state index is -0.488. The summed E-state index contributed by atoms with van der Waals surface area (Å²) in [7, 11) is 0. The Morgan fingerprint density at radius 1 is 1.35 bits per heavy atom. The maximum Gasteiger partial charge on any atom is 0.179 e. The predicted octanol–water partition coefficient (Wildman–Crippen LogP) is 1.71. The van der Waals surface area contributed by atoms with E-state index >= 15 is 0 Å². The van der Waals surface area contributed by atoms with Gasteiger partial charge in [-0.15, -0.1) is 0 Å². The van der Waals surface area contributed by atoms with Gasteiger partial charge in [-0.2, -0.15) is 0 Å². The molecule has 0 bridgehead atoms. The summed E-state index contributed by atoms with van der Waals surface area (Å²) in [6.45, 7) is 3.31. The first-order valence-electron chi connectivity index (χ1n) is 5.80. The third kappa shape index (κ3) is 4.24. The van der Waals surface area contributed by atoms with Crippen LogP contribution in [0.3, 0.4) is 0 Å². The highest BCUT2D eigenvalue weighted by Gasteiger charge is 2.14. The number of aliphatic hydroxyl groups is 1. The minimum Gasteiger partial charge on any atom is -0.395 e. The molecule has 0 fully saturated rings. The van der Waals surface area contributed by atoms with Gasteiger partial charge in [-0.25, -0.2) is 4.39 Å². The van der Waals surface area contributed by atoms with Gasteiger partial charge >= 0.3 is 0 Å². The summed E-state index contributed by atoms with van der Waals surface area (Å²) in [6, 6.07) is 5.97. The number of Topliss-reactive ketones (excluding diaryl/α,β-unsaturated/α-hetero) is 1. The standard InChI is InChI=1S/C13H18FNO2/c1-2-7-15(8-9-16)10-13(17)11-5-3-4-6-12(11)14/h3-6,16H,2,7-10H2,1H3. The van der Waals surface area contributed by atoms with Crippen LogP contribution >= 0.6 is 0 Å². The molecule has 0 atom stereocenters. The van der Waals surface area contributed by atoms with Crippen LogP contribution in [0.25, 0.3) is 0 Å². The molecule has 0 spiro atoms.